The lowest BCUT2D eigenvalue weighted by Crippen LogP contribution is -2.28. The summed E-state index contributed by atoms with van der Waals surface area (Å²) >= 11 is 4.97. The molecule has 2 aromatic carbocycles. The fourth-order valence-electron chi connectivity index (χ4n) is 1.57. The van der Waals surface area contributed by atoms with Gasteiger partial charge in [-0.1, -0.05) is 30.3 Å². The summed E-state index contributed by atoms with van der Waals surface area (Å²) in [7, 11) is 0. The van der Waals surface area contributed by atoms with E-state index in [1.165, 1.54) is 0 Å². The summed E-state index contributed by atoms with van der Waals surface area (Å²) in [5, 5.41) is 5.46. The van der Waals surface area contributed by atoms with Gasteiger partial charge in [0.1, 0.15) is 0 Å². The zero-order chi connectivity index (χ0) is 14.5. The summed E-state index contributed by atoms with van der Waals surface area (Å²) in [5.41, 5.74) is 0.775. The van der Waals surface area contributed by atoms with E-state index in [9.17, 15) is 13.2 Å². The van der Waals surface area contributed by atoms with E-state index in [0.29, 0.717) is 6.54 Å². The first-order valence-corrected chi connectivity index (χ1v) is 6.21. The average Bonchev–Trinajstić information content (AvgIpc) is 2.47. The molecule has 0 atom stereocenters. The number of rotatable bonds is 3. The topological polar surface area (TPSA) is 24.1 Å². The Labute approximate surface area is 119 Å². The third-order valence-electron chi connectivity index (χ3n) is 2.58. The van der Waals surface area contributed by atoms with Gasteiger partial charge < -0.3 is 10.6 Å². The van der Waals surface area contributed by atoms with E-state index < -0.39 is 17.5 Å². The average molecular weight is 296 g/mol. The molecule has 2 nitrogen and oxygen atoms in total. The van der Waals surface area contributed by atoms with Gasteiger partial charge in [0.25, 0.3) is 0 Å². The van der Waals surface area contributed by atoms with Crippen molar-refractivity contribution in [2.24, 2.45) is 0 Å². The van der Waals surface area contributed by atoms with Gasteiger partial charge in [-0.3, -0.25) is 0 Å². The van der Waals surface area contributed by atoms with E-state index in [-0.39, 0.29) is 10.8 Å². The molecule has 104 valence electrons. The Bertz CT molecular complexity index is 617. The number of nitrogens with one attached hydrogen (secondary N) is 2. The molecule has 2 aromatic rings. The van der Waals surface area contributed by atoms with Crippen LogP contribution in [0.15, 0.2) is 42.5 Å². The van der Waals surface area contributed by atoms with Crippen LogP contribution in [0.3, 0.4) is 0 Å². The maximum atomic E-state index is 13.4. The Hall–Kier alpha value is -2.08. The molecule has 0 saturated heterocycles. The van der Waals surface area contributed by atoms with E-state index in [0.717, 1.165) is 17.7 Å². The molecule has 2 rings (SSSR count). The van der Waals surface area contributed by atoms with E-state index in [4.69, 9.17) is 12.2 Å². The largest absolute Gasteiger partial charge is 0.358 e. The van der Waals surface area contributed by atoms with Gasteiger partial charge >= 0.3 is 0 Å². The molecular formula is C14H11F3N2S. The van der Waals surface area contributed by atoms with Crippen LogP contribution in [0, 0.1) is 17.5 Å². The van der Waals surface area contributed by atoms with E-state index in [1.807, 2.05) is 30.3 Å². The van der Waals surface area contributed by atoms with Gasteiger partial charge in [0.05, 0.1) is 5.69 Å². The first-order chi connectivity index (χ1) is 9.58. The van der Waals surface area contributed by atoms with Gasteiger partial charge in [-0.05, 0) is 29.9 Å². The van der Waals surface area contributed by atoms with Crippen molar-refractivity contribution >= 4 is 23.0 Å². The molecule has 0 radical (unpaired) electrons. The van der Waals surface area contributed by atoms with Gasteiger partial charge in [-0.2, -0.15) is 0 Å². The third-order valence-corrected chi connectivity index (χ3v) is 2.83. The summed E-state index contributed by atoms with van der Waals surface area (Å²) < 4.78 is 39.2. The molecule has 0 aliphatic carbocycles. The smallest absolute Gasteiger partial charge is 0.196 e. The van der Waals surface area contributed by atoms with E-state index in [1.54, 1.807) is 0 Å². The number of hydrogen-bond acceptors (Lipinski definition) is 1. The van der Waals surface area contributed by atoms with Crippen molar-refractivity contribution in [2.45, 2.75) is 6.54 Å². The Morgan fingerprint density at radius 2 is 1.65 bits per heavy atom. The zero-order valence-electron chi connectivity index (χ0n) is 10.3. The molecular weight excluding hydrogens is 285 g/mol. The summed E-state index contributed by atoms with van der Waals surface area (Å²) in [4.78, 5) is 0. The van der Waals surface area contributed by atoms with Crippen LogP contribution in [0.2, 0.25) is 0 Å². The van der Waals surface area contributed by atoms with Crippen molar-refractivity contribution in [1.82, 2.24) is 5.32 Å². The van der Waals surface area contributed by atoms with Crippen LogP contribution in [0.5, 0.6) is 0 Å². The maximum Gasteiger partial charge on any atom is 0.196 e. The predicted octanol–water partition coefficient (Wildman–Crippen LogP) is 3.59. The second-order valence-corrected chi connectivity index (χ2v) is 4.42. The van der Waals surface area contributed by atoms with Gasteiger partial charge in [-0.15, -0.1) is 0 Å². The molecule has 0 aliphatic rings. The number of thiocarbonyl (C=S) groups is 1. The van der Waals surface area contributed by atoms with Gasteiger partial charge in [0.15, 0.2) is 22.6 Å². The Balaban J connectivity index is 1.97. The van der Waals surface area contributed by atoms with Crippen LogP contribution in [-0.2, 0) is 6.54 Å². The summed E-state index contributed by atoms with van der Waals surface area (Å²) in [5.74, 6) is -4.06. The Kier molecular flexibility index (Phi) is 4.57. The highest BCUT2D eigenvalue weighted by atomic mass is 32.1. The molecule has 0 saturated carbocycles. The monoisotopic (exact) mass is 296 g/mol. The second kappa shape index (κ2) is 6.38. The van der Waals surface area contributed by atoms with Gasteiger partial charge in [-0.25, -0.2) is 13.2 Å². The molecule has 0 aromatic heterocycles. The maximum absolute atomic E-state index is 13.4. The minimum Gasteiger partial charge on any atom is -0.358 e. The Morgan fingerprint density at radius 3 is 2.35 bits per heavy atom. The lowest BCUT2D eigenvalue weighted by Gasteiger charge is -2.11. The van der Waals surface area contributed by atoms with Crippen LogP contribution in [-0.4, -0.2) is 5.11 Å². The molecule has 0 amide bonds. The second-order valence-electron chi connectivity index (χ2n) is 4.02. The number of halogens is 3. The molecule has 2 N–H and O–H groups in total. The predicted molar refractivity (Wildman–Crippen MR) is 75.8 cm³/mol. The highest BCUT2D eigenvalue weighted by Crippen LogP contribution is 2.19. The van der Waals surface area contributed by atoms with Gasteiger partial charge in [0, 0.05) is 6.54 Å². The molecule has 0 fully saturated rings. The van der Waals surface area contributed by atoms with E-state index >= 15 is 0 Å². The molecule has 0 unspecified atom stereocenters. The van der Waals surface area contributed by atoms with Crippen LogP contribution < -0.4 is 10.6 Å². The molecule has 0 spiro atoms. The fraction of sp³-hybridized carbons (Fsp3) is 0.0714. The normalized spacial score (nSPS) is 10.2. The number of anilines is 1. The third kappa shape index (κ3) is 3.48. The minimum absolute atomic E-state index is 0.124. The van der Waals surface area contributed by atoms with Crippen LogP contribution in [0.25, 0.3) is 0 Å². The summed E-state index contributed by atoms with van der Waals surface area (Å²) in [6.07, 6.45) is 0. The summed E-state index contributed by atoms with van der Waals surface area (Å²) in [6, 6.07) is 11.4. The molecule has 0 heterocycles. The minimum atomic E-state index is -1.53. The SMILES string of the molecule is Fc1ccc(NC(=S)NCc2ccccc2)c(F)c1F. The number of hydrogen-bond donors (Lipinski definition) is 2. The highest BCUT2D eigenvalue weighted by molar-refractivity contribution is 7.80. The zero-order valence-corrected chi connectivity index (χ0v) is 11.1. The van der Waals surface area contributed by atoms with Gasteiger partial charge in [0.2, 0.25) is 0 Å². The van der Waals surface area contributed by atoms with Crippen molar-refractivity contribution < 1.29 is 13.2 Å². The van der Waals surface area contributed by atoms with Crippen molar-refractivity contribution in [1.29, 1.82) is 0 Å². The first kappa shape index (κ1) is 14.3. The lowest BCUT2D eigenvalue weighted by atomic mass is 10.2. The molecule has 0 aliphatic heterocycles. The van der Waals surface area contributed by atoms with Crippen molar-refractivity contribution in [2.75, 3.05) is 5.32 Å². The number of benzene rings is 2. The van der Waals surface area contributed by atoms with Crippen molar-refractivity contribution in [3.05, 3.63) is 65.5 Å². The van der Waals surface area contributed by atoms with Crippen LogP contribution in [0.4, 0.5) is 18.9 Å². The van der Waals surface area contributed by atoms with Crippen LogP contribution >= 0.6 is 12.2 Å². The highest BCUT2D eigenvalue weighted by Gasteiger charge is 2.13. The Morgan fingerprint density at radius 1 is 0.950 bits per heavy atom. The summed E-state index contributed by atoms with van der Waals surface area (Å²) in [6.45, 7) is 0.442. The van der Waals surface area contributed by atoms with Crippen molar-refractivity contribution in [3.8, 4) is 0 Å². The van der Waals surface area contributed by atoms with E-state index in [2.05, 4.69) is 10.6 Å². The van der Waals surface area contributed by atoms with Crippen molar-refractivity contribution in [3.63, 3.8) is 0 Å². The quantitative estimate of drug-likeness (QED) is 0.668. The fourth-order valence-corrected chi connectivity index (χ4v) is 1.75. The molecule has 6 heteroatoms. The van der Waals surface area contributed by atoms with Crippen LogP contribution in [0.1, 0.15) is 5.56 Å². The molecule has 0 bridgehead atoms. The molecule has 20 heavy (non-hydrogen) atoms. The lowest BCUT2D eigenvalue weighted by molar-refractivity contribution is 0.449. The first-order valence-electron chi connectivity index (χ1n) is 5.80. The standard InChI is InChI=1S/C14H11F3N2S/c15-10-6-7-11(13(17)12(10)16)19-14(20)18-8-9-4-2-1-3-5-9/h1-7H,8H2,(H2,18,19,20).